The molecule has 2 aromatic heterocycles. The van der Waals surface area contributed by atoms with Crippen molar-refractivity contribution in [3.63, 3.8) is 0 Å². The maximum atomic E-state index is 11.6. The molecule has 1 amide bonds. The Morgan fingerprint density at radius 1 is 1.19 bits per heavy atom. The molecule has 0 aliphatic rings. The Balaban J connectivity index is 1.64. The third-order valence-electron chi connectivity index (χ3n) is 5.12. The Hall–Kier alpha value is -4.14. The highest BCUT2D eigenvalue weighted by Crippen LogP contribution is 2.27. The fraction of sp³-hybridized carbons (Fsp3) is 0.182. The van der Waals surface area contributed by atoms with Crippen LogP contribution in [0.3, 0.4) is 0 Å². The van der Waals surface area contributed by atoms with Crippen LogP contribution in [-0.4, -0.2) is 20.9 Å². The van der Waals surface area contributed by atoms with E-state index in [9.17, 15) is 9.59 Å². The number of oxazole rings is 1. The first-order valence-corrected chi connectivity index (χ1v) is 9.78. The van der Waals surface area contributed by atoms with Crippen LogP contribution in [0.5, 0.6) is 0 Å². The molecule has 0 saturated heterocycles. The SMILES string of the molecule is CCc1c(Nc2ncc(C)c(Nc3ccc4oc(=O)[nH]c4c3)n2)ccc(C(N)=O)c1C. The summed E-state index contributed by atoms with van der Waals surface area (Å²) in [6.45, 7) is 5.79. The number of fused-ring (bicyclic) bond motifs is 1. The molecule has 0 bridgehead atoms. The molecule has 0 saturated carbocycles. The van der Waals surface area contributed by atoms with Gasteiger partial charge in [0.05, 0.1) is 5.52 Å². The van der Waals surface area contributed by atoms with Crippen molar-refractivity contribution >= 4 is 40.1 Å². The molecule has 158 valence electrons. The second kappa shape index (κ2) is 7.94. The lowest BCUT2D eigenvalue weighted by Gasteiger charge is -2.16. The lowest BCUT2D eigenvalue weighted by molar-refractivity contribution is 0.0999. The summed E-state index contributed by atoms with van der Waals surface area (Å²) in [5.74, 6) is 0.0760. The molecule has 0 atom stereocenters. The molecular formula is C22H22N6O3. The summed E-state index contributed by atoms with van der Waals surface area (Å²) >= 11 is 0. The minimum Gasteiger partial charge on any atom is -0.408 e. The van der Waals surface area contributed by atoms with Gasteiger partial charge in [-0.3, -0.25) is 9.78 Å². The standard InChI is InChI=1S/C22H22N6O3/c1-4-14-12(3)15(19(23)29)6-7-16(14)26-21-24-10-11(2)20(28-21)25-13-5-8-18-17(9-13)27-22(30)31-18/h5-10H,4H2,1-3H3,(H2,23,29)(H,27,30)(H2,24,25,26,28). The van der Waals surface area contributed by atoms with Gasteiger partial charge in [-0.2, -0.15) is 4.98 Å². The van der Waals surface area contributed by atoms with Gasteiger partial charge >= 0.3 is 5.76 Å². The minimum absolute atomic E-state index is 0.409. The number of rotatable bonds is 6. The van der Waals surface area contributed by atoms with Crippen molar-refractivity contribution in [2.45, 2.75) is 27.2 Å². The van der Waals surface area contributed by atoms with Crippen molar-refractivity contribution in [3.05, 3.63) is 69.3 Å². The summed E-state index contributed by atoms with van der Waals surface area (Å²) < 4.78 is 5.03. The molecule has 5 N–H and O–H groups in total. The first kappa shape index (κ1) is 20.1. The maximum absolute atomic E-state index is 11.6. The molecule has 0 unspecified atom stereocenters. The minimum atomic E-state index is -0.499. The summed E-state index contributed by atoms with van der Waals surface area (Å²) in [4.78, 5) is 34.6. The number of nitrogens with two attached hydrogens (primary N) is 1. The molecule has 2 heterocycles. The number of carbonyl (C=O) groups excluding carboxylic acids is 1. The zero-order valence-electron chi connectivity index (χ0n) is 17.4. The van der Waals surface area contributed by atoms with Gasteiger partial charge in [0.2, 0.25) is 11.9 Å². The number of nitrogens with zero attached hydrogens (tertiary/aromatic N) is 2. The van der Waals surface area contributed by atoms with Gasteiger partial charge in [0.25, 0.3) is 0 Å². The lowest BCUT2D eigenvalue weighted by Crippen LogP contribution is -2.14. The van der Waals surface area contributed by atoms with E-state index in [4.69, 9.17) is 10.2 Å². The Kier molecular flexibility index (Phi) is 5.16. The van der Waals surface area contributed by atoms with E-state index in [1.807, 2.05) is 26.8 Å². The molecule has 0 spiro atoms. The number of amides is 1. The van der Waals surface area contributed by atoms with Crippen LogP contribution in [-0.2, 0) is 6.42 Å². The number of primary amides is 1. The first-order chi connectivity index (χ1) is 14.9. The zero-order chi connectivity index (χ0) is 22.1. The van der Waals surface area contributed by atoms with E-state index in [1.54, 1.807) is 30.5 Å². The van der Waals surface area contributed by atoms with Crippen LogP contribution in [0.4, 0.5) is 23.1 Å². The smallest absolute Gasteiger partial charge is 0.408 e. The van der Waals surface area contributed by atoms with Gasteiger partial charge in [-0.15, -0.1) is 0 Å². The third kappa shape index (κ3) is 3.97. The summed E-state index contributed by atoms with van der Waals surface area (Å²) in [6, 6.07) is 8.80. The number of H-pyrrole nitrogens is 1. The molecule has 31 heavy (non-hydrogen) atoms. The van der Waals surface area contributed by atoms with Crippen LogP contribution in [0.2, 0.25) is 0 Å². The number of aromatic nitrogens is 3. The van der Waals surface area contributed by atoms with Crippen LogP contribution < -0.4 is 22.1 Å². The fourth-order valence-corrected chi connectivity index (χ4v) is 3.51. The number of anilines is 4. The second-order valence-corrected chi connectivity index (χ2v) is 7.18. The molecule has 0 aliphatic carbocycles. The quantitative estimate of drug-likeness (QED) is 0.374. The van der Waals surface area contributed by atoms with E-state index in [0.717, 1.165) is 34.5 Å². The van der Waals surface area contributed by atoms with Gasteiger partial charge in [-0.05, 0) is 61.7 Å². The highest BCUT2D eigenvalue weighted by Gasteiger charge is 2.14. The number of benzene rings is 2. The molecular weight excluding hydrogens is 396 g/mol. The highest BCUT2D eigenvalue weighted by atomic mass is 16.4. The number of aryl methyl sites for hydroxylation is 1. The normalized spacial score (nSPS) is 10.9. The number of carbonyl (C=O) groups is 1. The molecule has 2 aromatic carbocycles. The Bertz CT molecular complexity index is 1360. The first-order valence-electron chi connectivity index (χ1n) is 9.78. The van der Waals surface area contributed by atoms with Crippen molar-refractivity contribution in [2.24, 2.45) is 5.73 Å². The molecule has 0 aliphatic heterocycles. The van der Waals surface area contributed by atoms with Crippen LogP contribution in [0.25, 0.3) is 11.1 Å². The zero-order valence-corrected chi connectivity index (χ0v) is 17.4. The van der Waals surface area contributed by atoms with E-state index in [0.29, 0.717) is 28.4 Å². The molecule has 0 radical (unpaired) electrons. The second-order valence-electron chi connectivity index (χ2n) is 7.18. The van der Waals surface area contributed by atoms with Crippen molar-refractivity contribution in [1.29, 1.82) is 0 Å². The van der Waals surface area contributed by atoms with Crippen molar-refractivity contribution in [1.82, 2.24) is 15.0 Å². The predicted molar refractivity (Wildman–Crippen MR) is 119 cm³/mol. The Labute approximate surface area is 177 Å². The monoisotopic (exact) mass is 418 g/mol. The Morgan fingerprint density at radius 2 is 2.00 bits per heavy atom. The van der Waals surface area contributed by atoms with Gasteiger partial charge in [0.15, 0.2) is 5.58 Å². The van der Waals surface area contributed by atoms with Crippen LogP contribution in [0.1, 0.15) is 34.0 Å². The van der Waals surface area contributed by atoms with Crippen molar-refractivity contribution < 1.29 is 9.21 Å². The molecule has 9 nitrogen and oxygen atoms in total. The number of hydrogen-bond donors (Lipinski definition) is 4. The molecule has 9 heteroatoms. The van der Waals surface area contributed by atoms with E-state index in [-0.39, 0.29) is 0 Å². The average Bonchev–Trinajstić information content (AvgIpc) is 3.10. The van der Waals surface area contributed by atoms with Crippen LogP contribution >= 0.6 is 0 Å². The average molecular weight is 418 g/mol. The van der Waals surface area contributed by atoms with Crippen molar-refractivity contribution in [3.8, 4) is 0 Å². The summed E-state index contributed by atoms with van der Waals surface area (Å²) in [5, 5.41) is 6.49. The number of aromatic amines is 1. The van der Waals surface area contributed by atoms with E-state index < -0.39 is 11.7 Å². The van der Waals surface area contributed by atoms with Crippen LogP contribution in [0.15, 0.2) is 45.7 Å². The van der Waals surface area contributed by atoms with Gasteiger partial charge < -0.3 is 20.8 Å². The van der Waals surface area contributed by atoms with Gasteiger partial charge in [-0.25, -0.2) is 9.78 Å². The van der Waals surface area contributed by atoms with E-state index >= 15 is 0 Å². The molecule has 4 rings (SSSR count). The highest BCUT2D eigenvalue weighted by molar-refractivity contribution is 5.95. The number of hydrogen-bond acceptors (Lipinski definition) is 7. The van der Waals surface area contributed by atoms with Gasteiger partial charge in [0, 0.05) is 28.7 Å². The van der Waals surface area contributed by atoms with E-state index in [2.05, 4.69) is 25.6 Å². The lowest BCUT2D eigenvalue weighted by atomic mass is 9.98. The van der Waals surface area contributed by atoms with Gasteiger partial charge in [0.1, 0.15) is 5.82 Å². The van der Waals surface area contributed by atoms with Crippen molar-refractivity contribution in [2.75, 3.05) is 10.6 Å². The van der Waals surface area contributed by atoms with Gasteiger partial charge in [-0.1, -0.05) is 6.92 Å². The third-order valence-corrected chi connectivity index (χ3v) is 5.12. The summed E-state index contributed by atoms with van der Waals surface area (Å²) in [7, 11) is 0. The van der Waals surface area contributed by atoms with Crippen LogP contribution in [0, 0.1) is 13.8 Å². The molecule has 4 aromatic rings. The maximum Gasteiger partial charge on any atom is 0.417 e. The molecule has 0 fully saturated rings. The Morgan fingerprint density at radius 3 is 2.74 bits per heavy atom. The number of nitrogens with one attached hydrogen (secondary N) is 3. The van der Waals surface area contributed by atoms with E-state index in [1.165, 1.54) is 0 Å². The summed E-state index contributed by atoms with van der Waals surface area (Å²) in [6.07, 6.45) is 2.43. The fourth-order valence-electron chi connectivity index (χ4n) is 3.51. The predicted octanol–water partition coefficient (Wildman–Crippen LogP) is 3.68. The summed E-state index contributed by atoms with van der Waals surface area (Å²) in [5.41, 5.74) is 11.3. The largest absolute Gasteiger partial charge is 0.417 e. The topological polar surface area (TPSA) is 139 Å².